The molecule has 138 valence electrons. The summed E-state index contributed by atoms with van der Waals surface area (Å²) >= 11 is 5.91. The SMILES string of the molecule is CN(CC(C)(C)CN)C(=O)c1cncc(-c2ccc(Cl)cc2)c1.Cl.Cl. The highest BCUT2D eigenvalue weighted by atomic mass is 35.5. The second kappa shape index (κ2) is 9.97. The van der Waals surface area contributed by atoms with Gasteiger partial charge in [-0.25, -0.2) is 0 Å². The topological polar surface area (TPSA) is 59.2 Å². The fourth-order valence-corrected chi connectivity index (χ4v) is 2.48. The van der Waals surface area contributed by atoms with Crippen LogP contribution in [-0.2, 0) is 0 Å². The van der Waals surface area contributed by atoms with Crippen molar-refractivity contribution in [3.05, 3.63) is 53.3 Å². The molecular weight excluding hydrogens is 381 g/mol. The van der Waals surface area contributed by atoms with Gasteiger partial charge in [-0.15, -0.1) is 24.8 Å². The Balaban J connectivity index is 0.00000288. The molecule has 25 heavy (non-hydrogen) atoms. The van der Waals surface area contributed by atoms with Crippen LogP contribution in [0.1, 0.15) is 24.2 Å². The number of hydrogen-bond donors (Lipinski definition) is 1. The van der Waals surface area contributed by atoms with Crippen LogP contribution in [0.2, 0.25) is 5.02 Å². The Bertz CT molecular complexity index is 690. The van der Waals surface area contributed by atoms with E-state index in [2.05, 4.69) is 4.98 Å². The highest BCUT2D eigenvalue weighted by molar-refractivity contribution is 6.30. The van der Waals surface area contributed by atoms with Crippen LogP contribution in [0.5, 0.6) is 0 Å². The lowest BCUT2D eigenvalue weighted by Gasteiger charge is -2.29. The van der Waals surface area contributed by atoms with Crippen molar-refractivity contribution >= 4 is 42.3 Å². The molecule has 0 bridgehead atoms. The van der Waals surface area contributed by atoms with Crippen LogP contribution < -0.4 is 5.73 Å². The third-order valence-corrected chi connectivity index (χ3v) is 3.98. The first-order valence-electron chi connectivity index (χ1n) is 7.49. The molecule has 0 radical (unpaired) electrons. The molecule has 0 aliphatic rings. The number of amides is 1. The zero-order chi connectivity index (χ0) is 17.0. The predicted molar refractivity (Wildman–Crippen MR) is 109 cm³/mol. The van der Waals surface area contributed by atoms with Crippen molar-refractivity contribution in [2.75, 3.05) is 20.1 Å². The number of pyridine rings is 1. The largest absolute Gasteiger partial charge is 0.341 e. The van der Waals surface area contributed by atoms with Gasteiger partial charge in [-0.3, -0.25) is 9.78 Å². The van der Waals surface area contributed by atoms with Crippen LogP contribution in [0.3, 0.4) is 0 Å². The monoisotopic (exact) mass is 403 g/mol. The van der Waals surface area contributed by atoms with Crippen molar-refractivity contribution in [3.8, 4) is 11.1 Å². The number of nitrogens with zero attached hydrogens (tertiary/aromatic N) is 2. The second-order valence-corrected chi connectivity index (χ2v) is 6.94. The molecule has 7 heteroatoms. The highest BCUT2D eigenvalue weighted by Gasteiger charge is 2.22. The maximum absolute atomic E-state index is 12.6. The molecule has 1 aromatic carbocycles. The summed E-state index contributed by atoms with van der Waals surface area (Å²) in [5.74, 6) is -0.0603. The minimum absolute atomic E-state index is 0. The van der Waals surface area contributed by atoms with Gasteiger partial charge < -0.3 is 10.6 Å². The smallest absolute Gasteiger partial charge is 0.255 e. The Morgan fingerprint density at radius 1 is 1.16 bits per heavy atom. The fourth-order valence-electron chi connectivity index (χ4n) is 2.36. The fraction of sp³-hybridized carbons (Fsp3) is 0.333. The molecule has 2 rings (SSSR count). The zero-order valence-electron chi connectivity index (χ0n) is 14.5. The van der Waals surface area contributed by atoms with E-state index in [4.69, 9.17) is 17.3 Å². The van der Waals surface area contributed by atoms with E-state index < -0.39 is 0 Å². The van der Waals surface area contributed by atoms with E-state index in [0.717, 1.165) is 11.1 Å². The van der Waals surface area contributed by atoms with E-state index in [0.29, 0.717) is 23.7 Å². The van der Waals surface area contributed by atoms with Gasteiger partial charge in [0.2, 0.25) is 0 Å². The van der Waals surface area contributed by atoms with Crippen LogP contribution >= 0.6 is 36.4 Å². The summed E-state index contributed by atoms with van der Waals surface area (Å²) in [6.07, 6.45) is 3.33. The van der Waals surface area contributed by atoms with Gasteiger partial charge in [-0.1, -0.05) is 37.6 Å². The number of carbonyl (C=O) groups is 1. The molecule has 1 aromatic heterocycles. The van der Waals surface area contributed by atoms with E-state index in [1.165, 1.54) is 0 Å². The lowest BCUT2D eigenvalue weighted by Crippen LogP contribution is -2.39. The Morgan fingerprint density at radius 2 is 1.76 bits per heavy atom. The van der Waals surface area contributed by atoms with Crippen molar-refractivity contribution in [2.45, 2.75) is 13.8 Å². The Morgan fingerprint density at radius 3 is 2.32 bits per heavy atom. The van der Waals surface area contributed by atoms with Gasteiger partial charge in [0.15, 0.2) is 0 Å². The van der Waals surface area contributed by atoms with E-state index in [1.54, 1.807) is 24.3 Å². The third-order valence-electron chi connectivity index (χ3n) is 3.73. The molecule has 0 aliphatic carbocycles. The average molecular weight is 405 g/mol. The third kappa shape index (κ3) is 6.48. The first-order valence-corrected chi connectivity index (χ1v) is 7.87. The average Bonchev–Trinajstić information content (AvgIpc) is 2.54. The van der Waals surface area contributed by atoms with Crippen LogP contribution in [0.25, 0.3) is 11.1 Å². The van der Waals surface area contributed by atoms with Crippen molar-refractivity contribution in [1.82, 2.24) is 9.88 Å². The first kappa shape index (κ1) is 23.7. The molecule has 0 saturated carbocycles. The Hall–Kier alpha value is -1.33. The second-order valence-electron chi connectivity index (χ2n) is 6.50. The molecule has 2 aromatic rings. The van der Waals surface area contributed by atoms with E-state index in [9.17, 15) is 4.79 Å². The van der Waals surface area contributed by atoms with Crippen LogP contribution in [-0.4, -0.2) is 35.9 Å². The molecule has 0 saturated heterocycles. The van der Waals surface area contributed by atoms with Gasteiger partial charge in [0.1, 0.15) is 0 Å². The number of hydrogen-bond acceptors (Lipinski definition) is 3. The molecule has 2 N–H and O–H groups in total. The molecule has 0 fully saturated rings. The van der Waals surface area contributed by atoms with Gasteiger partial charge in [0.25, 0.3) is 5.91 Å². The van der Waals surface area contributed by atoms with Crippen LogP contribution in [0.15, 0.2) is 42.7 Å². The minimum Gasteiger partial charge on any atom is -0.341 e. The maximum Gasteiger partial charge on any atom is 0.255 e. The molecule has 0 unspecified atom stereocenters. The highest BCUT2D eigenvalue weighted by Crippen LogP contribution is 2.22. The summed E-state index contributed by atoms with van der Waals surface area (Å²) in [6.45, 7) is 5.19. The normalized spacial score (nSPS) is 10.4. The standard InChI is InChI=1S/C18H22ClN3O.2ClH/c1-18(2,11-20)12-22(3)17(23)15-8-14(9-21-10-15)13-4-6-16(19)7-5-13;;/h4-10H,11-12,20H2,1-3H3;2*1H. The van der Waals surface area contributed by atoms with Crippen molar-refractivity contribution in [1.29, 1.82) is 0 Å². The number of benzene rings is 1. The molecule has 1 amide bonds. The van der Waals surface area contributed by atoms with Gasteiger partial charge >= 0.3 is 0 Å². The summed E-state index contributed by atoms with van der Waals surface area (Å²) in [5.41, 5.74) is 8.05. The van der Waals surface area contributed by atoms with Crippen molar-refractivity contribution < 1.29 is 4.79 Å². The molecular formula is C18H24Cl3N3O. The van der Waals surface area contributed by atoms with Gasteiger partial charge in [-0.05, 0) is 35.7 Å². The molecule has 1 heterocycles. The number of aromatic nitrogens is 1. The number of nitrogens with two attached hydrogens (primary N) is 1. The molecule has 0 spiro atoms. The number of halogens is 3. The van der Waals surface area contributed by atoms with Gasteiger partial charge in [0, 0.05) is 36.6 Å². The van der Waals surface area contributed by atoms with Crippen LogP contribution in [0, 0.1) is 5.41 Å². The number of rotatable bonds is 5. The number of carbonyl (C=O) groups excluding carboxylic acids is 1. The quantitative estimate of drug-likeness (QED) is 0.808. The molecule has 0 aliphatic heterocycles. The van der Waals surface area contributed by atoms with Crippen LogP contribution in [0.4, 0.5) is 0 Å². The Labute approximate surface area is 166 Å². The van der Waals surface area contributed by atoms with Gasteiger partial charge in [0.05, 0.1) is 5.56 Å². The minimum atomic E-state index is -0.119. The van der Waals surface area contributed by atoms with Crippen molar-refractivity contribution in [3.63, 3.8) is 0 Å². The summed E-state index contributed by atoms with van der Waals surface area (Å²) in [7, 11) is 1.79. The van der Waals surface area contributed by atoms with Gasteiger partial charge in [-0.2, -0.15) is 0 Å². The Kier molecular flexibility index (Phi) is 9.44. The van der Waals surface area contributed by atoms with E-state index >= 15 is 0 Å². The summed E-state index contributed by atoms with van der Waals surface area (Å²) in [5, 5.41) is 0.678. The van der Waals surface area contributed by atoms with E-state index in [-0.39, 0.29) is 36.1 Å². The first-order chi connectivity index (χ1) is 10.8. The predicted octanol–water partition coefficient (Wildman–Crippen LogP) is 4.30. The molecule has 0 atom stereocenters. The van der Waals surface area contributed by atoms with Crippen molar-refractivity contribution in [2.24, 2.45) is 11.1 Å². The van der Waals surface area contributed by atoms with E-state index in [1.807, 2.05) is 44.2 Å². The molecule has 4 nitrogen and oxygen atoms in total. The zero-order valence-corrected chi connectivity index (χ0v) is 16.9. The summed E-state index contributed by atoms with van der Waals surface area (Å²) in [6, 6.07) is 9.32. The maximum atomic E-state index is 12.6. The lowest BCUT2D eigenvalue weighted by molar-refractivity contribution is 0.0740. The summed E-state index contributed by atoms with van der Waals surface area (Å²) < 4.78 is 0. The lowest BCUT2D eigenvalue weighted by atomic mass is 9.93. The summed E-state index contributed by atoms with van der Waals surface area (Å²) in [4.78, 5) is 18.5.